The van der Waals surface area contributed by atoms with Gasteiger partial charge in [-0.15, -0.1) is 0 Å². The van der Waals surface area contributed by atoms with Gasteiger partial charge in [0.05, 0.1) is 0 Å². The van der Waals surface area contributed by atoms with Crippen LogP contribution < -0.4 is 5.32 Å². The highest BCUT2D eigenvalue weighted by Crippen LogP contribution is 2.26. The van der Waals surface area contributed by atoms with Gasteiger partial charge in [-0.2, -0.15) is 0 Å². The third kappa shape index (κ3) is 3.47. The lowest BCUT2D eigenvalue weighted by molar-refractivity contribution is 0.580. The van der Waals surface area contributed by atoms with E-state index in [0.717, 1.165) is 16.5 Å². The number of hydrogen-bond acceptors (Lipinski definition) is 1. The molecule has 0 saturated carbocycles. The Morgan fingerprint density at radius 3 is 2.60 bits per heavy atom. The summed E-state index contributed by atoms with van der Waals surface area (Å²) in [4.78, 5) is 0. The smallest absolute Gasteiger partial charge is 0.123 e. The van der Waals surface area contributed by atoms with Crippen LogP contribution in [-0.4, -0.2) is 7.05 Å². The molecule has 2 aromatic rings. The maximum absolute atomic E-state index is 13.4. The second kappa shape index (κ2) is 6.51. The van der Waals surface area contributed by atoms with Crippen molar-refractivity contribution in [1.29, 1.82) is 0 Å². The van der Waals surface area contributed by atoms with Crippen LogP contribution in [-0.2, 0) is 6.42 Å². The third-order valence-electron chi connectivity index (χ3n) is 3.59. The second-order valence-electron chi connectivity index (χ2n) is 5.14. The molecule has 0 bridgehead atoms. The van der Waals surface area contributed by atoms with Crippen molar-refractivity contribution in [1.82, 2.24) is 5.32 Å². The Morgan fingerprint density at radius 2 is 1.90 bits per heavy atom. The number of aryl methyl sites for hydroxylation is 2. The van der Waals surface area contributed by atoms with E-state index in [1.807, 2.05) is 7.05 Å². The lowest BCUT2D eigenvalue weighted by atomic mass is 9.94. The zero-order valence-corrected chi connectivity index (χ0v) is 13.6. The summed E-state index contributed by atoms with van der Waals surface area (Å²) in [6, 6.07) is 11.5. The van der Waals surface area contributed by atoms with E-state index in [1.165, 1.54) is 22.8 Å². The highest BCUT2D eigenvalue weighted by molar-refractivity contribution is 9.10. The van der Waals surface area contributed by atoms with Gasteiger partial charge in [0.2, 0.25) is 0 Å². The van der Waals surface area contributed by atoms with E-state index < -0.39 is 0 Å². The lowest BCUT2D eigenvalue weighted by Crippen LogP contribution is -2.20. The van der Waals surface area contributed by atoms with Crippen molar-refractivity contribution in [3.63, 3.8) is 0 Å². The minimum atomic E-state index is -0.195. The molecule has 1 atom stereocenters. The molecule has 0 aromatic heterocycles. The third-order valence-corrected chi connectivity index (χ3v) is 4.36. The van der Waals surface area contributed by atoms with Gasteiger partial charge in [-0.3, -0.25) is 0 Å². The van der Waals surface area contributed by atoms with Gasteiger partial charge in [0.25, 0.3) is 0 Å². The van der Waals surface area contributed by atoms with E-state index in [-0.39, 0.29) is 11.9 Å². The van der Waals surface area contributed by atoms with Crippen molar-refractivity contribution in [3.8, 4) is 0 Å². The maximum atomic E-state index is 13.4. The number of nitrogens with one attached hydrogen (secondary N) is 1. The van der Waals surface area contributed by atoms with Crippen LogP contribution in [0.25, 0.3) is 0 Å². The molecule has 3 heteroatoms. The largest absolute Gasteiger partial charge is 0.313 e. The van der Waals surface area contributed by atoms with Gasteiger partial charge in [-0.25, -0.2) is 4.39 Å². The molecule has 1 N–H and O–H groups in total. The molecule has 0 spiro atoms. The average molecular weight is 336 g/mol. The quantitative estimate of drug-likeness (QED) is 0.853. The van der Waals surface area contributed by atoms with Gasteiger partial charge in [0, 0.05) is 10.5 Å². The topological polar surface area (TPSA) is 12.0 Å². The molecule has 2 aromatic carbocycles. The first kappa shape index (κ1) is 15.2. The van der Waals surface area contributed by atoms with Crippen molar-refractivity contribution in [2.75, 3.05) is 7.05 Å². The summed E-state index contributed by atoms with van der Waals surface area (Å²) in [5.74, 6) is -0.195. The predicted molar refractivity (Wildman–Crippen MR) is 85.5 cm³/mol. The highest BCUT2D eigenvalue weighted by Gasteiger charge is 2.14. The van der Waals surface area contributed by atoms with Gasteiger partial charge in [-0.1, -0.05) is 39.7 Å². The monoisotopic (exact) mass is 335 g/mol. The first-order valence-corrected chi connectivity index (χ1v) is 7.49. The molecule has 106 valence electrons. The van der Waals surface area contributed by atoms with E-state index in [4.69, 9.17) is 0 Å². The average Bonchev–Trinajstić information content (AvgIpc) is 2.42. The first-order valence-electron chi connectivity index (χ1n) is 6.69. The molecule has 20 heavy (non-hydrogen) atoms. The highest BCUT2D eigenvalue weighted by atomic mass is 79.9. The Bertz CT molecular complexity index is 610. The minimum absolute atomic E-state index is 0.174. The van der Waals surface area contributed by atoms with Crippen molar-refractivity contribution >= 4 is 15.9 Å². The van der Waals surface area contributed by atoms with E-state index in [1.54, 1.807) is 12.1 Å². The van der Waals surface area contributed by atoms with E-state index >= 15 is 0 Å². The van der Waals surface area contributed by atoms with E-state index in [9.17, 15) is 4.39 Å². The fourth-order valence-corrected chi connectivity index (χ4v) is 2.83. The van der Waals surface area contributed by atoms with Gasteiger partial charge < -0.3 is 5.32 Å². The zero-order chi connectivity index (χ0) is 14.7. The summed E-state index contributed by atoms with van der Waals surface area (Å²) >= 11 is 3.50. The second-order valence-corrected chi connectivity index (χ2v) is 6.00. The Morgan fingerprint density at radius 1 is 1.15 bits per heavy atom. The van der Waals surface area contributed by atoms with Crippen LogP contribution in [0.4, 0.5) is 4.39 Å². The van der Waals surface area contributed by atoms with Gasteiger partial charge in [0.1, 0.15) is 5.82 Å². The van der Waals surface area contributed by atoms with Crippen molar-refractivity contribution in [2.45, 2.75) is 26.3 Å². The Hall–Kier alpha value is -1.19. The molecule has 0 heterocycles. The number of halogens is 2. The summed E-state index contributed by atoms with van der Waals surface area (Å²) in [5, 5.41) is 3.34. The van der Waals surface area contributed by atoms with E-state index in [2.05, 4.69) is 53.3 Å². The maximum Gasteiger partial charge on any atom is 0.123 e. The van der Waals surface area contributed by atoms with Crippen LogP contribution in [0, 0.1) is 19.7 Å². The van der Waals surface area contributed by atoms with Crippen LogP contribution in [0.5, 0.6) is 0 Å². The van der Waals surface area contributed by atoms with Crippen molar-refractivity contribution in [2.24, 2.45) is 0 Å². The molecule has 0 amide bonds. The summed E-state index contributed by atoms with van der Waals surface area (Å²) in [6.45, 7) is 4.20. The minimum Gasteiger partial charge on any atom is -0.313 e. The van der Waals surface area contributed by atoms with Gasteiger partial charge >= 0.3 is 0 Å². The number of likely N-dealkylation sites (N-methyl/N-ethyl adjacent to an activating group) is 1. The number of benzene rings is 2. The fraction of sp³-hybridized carbons (Fsp3) is 0.294. The Kier molecular flexibility index (Phi) is 4.95. The van der Waals surface area contributed by atoms with Crippen LogP contribution >= 0.6 is 15.9 Å². The SMILES string of the molecule is CNC(Cc1cc(F)ccc1Br)c1cc(C)ccc1C. The van der Waals surface area contributed by atoms with Gasteiger partial charge in [0.15, 0.2) is 0 Å². The molecule has 0 fully saturated rings. The Balaban J connectivity index is 2.33. The molecule has 0 radical (unpaired) electrons. The molecular formula is C17H19BrFN. The number of rotatable bonds is 4. The standard InChI is InChI=1S/C17H19BrFN/c1-11-4-5-12(2)15(8-11)17(20-3)10-13-9-14(19)6-7-16(13)18/h4-9,17,20H,10H2,1-3H3. The molecule has 0 aliphatic carbocycles. The fourth-order valence-electron chi connectivity index (χ4n) is 2.42. The molecule has 2 rings (SSSR count). The summed E-state index contributed by atoms with van der Waals surface area (Å²) in [7, 11) is 1.94. The number of hydrogen-bond donors (Lipinski definition) is 1. The van der Waals surface area contributed by atoms with E-state index in [0.29, 0.717) is 0 Å². The van der Waals surface area contributed by atoms with Crippen LogP contribution in [0.15, 0.2) is 40.9 Å². The van der Waals surface area contributed by atoms with Crippen LogP contribution in [0.2, 0.25) is 0 Å². The lowest BCUT2D eigenvalue weighted by Gasteiger charge is -2.20. The van der Waals surface area contributed by atoms with Crippen LogP contribution in [0.3, 0.4) is 0 Å². The summed E-state index contributed by atoms with van der Waals surface area (Å²) < 4.78 is 14.4. The molecule has 0 aliphatic rings. The molecule has 1 nitrogen and oxygen atoms in total. The Labute approximate surface area is 128 Å². The van der Waals surface area contributed by atoms with Crippen molar-refractivity contribution < 1.29 is 4.39 Å². The summed E-state index contributed by atoms with van der Waals surface area (Å²) in [6.07, 6.45) is 0.749. The van der Waals surface area contributed by atoms with Crippen molar-refractivity contribution in [3.05, 3.63) is 68.9 Å². The molecule has 0 aliphatic heterocycles. The molecular weight excluding hydrogens is 317 g/mol. The molecule has 0 saturated heterocycles. The first-order chi connectivity index (χ1) is 9.51. The van der Waals surface area contributed by atoms with Crippen LogP contribution in [0.1, 0.15) is 28.3 Å². The predicted octanol–water partition coefficient (Wildman–Crippen LogP) is 4.71. The summed E-state index contributed by atoms with van der Waals surface area (Å²) in [5.41, 5.74) is 4.74. The zero-order valence-electron chi connectivity index (χ0n) is 12.0. The normalized spacial score (nSPS) is 12.4. The van der Waals surface area contributed by atoms with Gasteiger partial charge in [-0.05, 0) is 62.2 Å². The molecule has 1 unspecified atom stereocenters.